The Bertz CT molecular complexity index is 341. The Balaban J connectivity index is 2.68. The molecule has 1 aromatic rings. The SMILES string of the molecule is Cc1cc(CS(=O)CCN)ccc1Cl. The molecule has 0 aliphatic heterocycles. The molecule has 0 aromatic heterocycles. The molecule has 4 heteroatoms. The third kappa shape index (κ3) is 3.40. The Morgan fingerprint density at radius 2 is 2.21 bits per heavy atom. The number of halogens is 1. The summed E-state index contributed by atoms with van der Waals surface area (Å²) >= 11 is 5.88. The second kappa shape index (κ2) is 5.49. The number of hydrogen-bond donors (Lipinski definition) is 1. The van der Waals surface area contributed by atoms with Crippen LogP contribution in [0.25, 0.3) is 0 Å². The molecule has 0 fully saturated rings. The largest absolute Gasteiger partial charge is 0.330 e. The van der Waals surface area contributed by atoms with Gasteiger partial charge in [-0.05, 0) is 24.1 Å². The van der Waals surface area contributed by atoms with Gasteiger partial charge in [0.2, 0.25) is 0 Å². The van der Waals surface area contributed by atoms with Crippen molar-refractivity contribution in [2.24, 2.45) is 5.73 Å². The van der Waals surface area contributed by atoms with Crippen LogP contribution in [0.3, 0.4) is 0 Å². The Kier molecular flexibility index (Phi) is 4.58. The summed E-state index contributed by atoms with van der Waals surface area (Å²) in [5, 5.41) is 0.748. The van der Waals surface area contributed by atoms with Crippen LogP contribution < -0.4 is 5.73 Å². The minimum atomic E-state index is -0.854. The average Bonchev–Trinajstić information content (AvgIpc) is 2.12. The van der Waals surface area contributed by atoms with Gasteiger partial charge in [-0.1, -0.05) is 23.7 Å². The van der Waals surface area contributed by atoms with Gasteiger partial charge in [-0.15, -0.1) is 0 Å². The predicted molar refractivity (Wildman–Crippen MR) is 62.0 cm³/mol. The summed E-state index contributed by atoms with van der Waals surface area (Å²) in [6.45, 7) is 2.41. The molecule has 78 valence electrons. The smallest absolute Gasteiger partial charge is 0.0486 e. The first-order chi connectivity index (χ1) is 6.63. The van der Waals surface area contributed by atoms with Crippen molar-refractivity contribution in [3.8, 4) is 0 Å². The fourth-order valence-electron chi connectivity index (χ4n) is 1.19. The minimum Gasteiger partial charge on any atom is -0.330 e. The molecule has 14 heavy (non-hydrogen) atoms. The van der Waals surface area contributed by atoms with E-state index in [0.29, 0.717) is 18.1 Å². The van der Waals surface area contributed by atoms with Crippen molar-refractivity contribution in [2.45, 2.75) is 12.7 Å². The van der Waals surface area contributed by atoms with E-state index in [-0.39, 0.29) is 0 Å². The zero-order chi connectivity index (χ0) is 10.6. The van der Waals surface area contributed by atoms with Crippen molar-refractivity contribution in [2.75, 3.05) is 12.3 Å². The van der Waals surface area contributed by atoms with Gasteiger partial charge in [-0.3, -0.25) is 4.21 Å². The Labute approximate surface area is 91.9 Å². The molecule has 1 atom stereocenters. The van der Waals surface area contributed by atoms with Gasteiger partial charge in [0.05, 0.1) is 0 Å². The molecule has 0 saturated heterocycles. The van der Waals surface area contributed by atoms with E-state index < -0.39 is 10.8 Å². The van der Waals surface area contributed by atoms with Crippen molar-refractivity contribution >= 4 is 22.4 Å². The van der Waals surface area contributed by atoms with E-state index in [4.69, 9.17) is 17.3 Å². The van der Waals surface area contributed by atoms with E-state index in [2.05, 4.69) is 0 Å². The van der Waals surface area contributed by atoms with Gasteiger partial charge in [-0.25, -0.2) is 0 Å². The van der Waals surface area contributed by atoms with Crippen molar-refractivity contribution in [3.05, 3.63) is 34.3 Å². The van der Waals surface area contributed by atoms with Crippen molar-refractivity contribution in [1.29, 1.82) is 0 Å². The highest BCUT2D eigenvalue weighted by atomic mass is 35.5. The van der Waals surface area contributed by atoms with E-state index >= 15 is 0 Å². The molecule has 0 aliphatic carbocycles. The number of aryl methyl sites for hydroxylation is 1. The van der Waals surface area contributed by atoms with Gasteiger partial charge in [0.15, 0.2) is 0 Å². The summed E-state index contributed by atoms with van der Waals surface area (Å²) in [6, 6.07) is 5.71. The molecule has 2 N–H and O–H groups in total. The zero-order valence-electron chi connectivity index (χ0n) is 8.13. The highest BCUT2D eigenvalue weighted by molar-refractivity contribution is 7.84. The Morgan fingerprint density at radius 1 is 1.50 bits per heavy atom. The van der Waals surface area contributed by atoms with Crippen LogP contribution in [-0.2, 0) is 16.6 Å². The van der Waals surface area contributed by atoms with Gasteiger partial charge >= 0.3 is 0 Å². The fourth-order valence-corrected chi connectivity index (χ4v) is 2.26. The first kappa shape index (κ1) is 11.7. The van der Waals surface area contributed by atoms with Gasteiger partial charge < -0.3 is 5.73 Å². The molecular formula is C10H14ClNOS. The van der Waals surface area contributed by atoms with Crippen LogP contribution >= 0.6 is 11.6 Å². The maximum absolute atomic E-state index is 11.4. The zero-order valence-corrected chi connectivity index (χ0v) is 9.70. The Morgan fingerprint density at radius 3 is 2.79 bits per heavy atom. The van der Waals surface area contributed by atoms with E-state index in [9.17, 15) is 4.21 Å². The summed E-state index contributed by atoms with van der Waals surface area (Å²) in [7, 11) is -0.854. The predicted octanol–water partition coefficient (Wildman–Crippen LogP) is 1.86. The van der Waals surface area contributed by atoms with Crippen LogP contribution in [-0.4, -0.2) is 16.5 Å². The minimum absolute atomic E-state index is 0.471. The second-order valence-corrected chi connectivity index (χ2v) is 5.14. The van der Waals surface area contributed by atoms with E-state index in [1.54, 1.807) is 0 Å². The normalized spacial score (nSPS) is 12.8. The first-order valence-electron chi connectivity index (χ1n) is 4.43. The standard InChI is InChI=1S/C10H14ClNOS/c1-8-6-9(2-3-10(8)11)7-14(13)5-4-12/h2-3,6H,4-5,7,12H2,1H3. The maximum atomic E-state index is 11.4. The molecule has 0 spiro atoms. The quantitative estimate of drug-likeness (QED) is 0.860. The van der Waals surface area contributed by atoms with Crippen LogP contribution in [0, 0.1) is 6.92 Å². The Hall–Kier alpha value is -0.380. The molecular weight excluding hydrogens is 218 g/mol. The van der Waals surface area contributed by atoms with Gasteiger partial charge in [0.1, 0.15) is 0 Å². The molecule has 1 aromatic carbocycles. The number of hydrogen-bond acceptors (Lipinski definition) is 2. The number of rotatable bonds is 4. The third-order valence-electron chi connectivity index (χ3n) is 1.90. The molecule has 0 saturated carbocycles. The van der Waals surface area contributed by atoms with E-state index in [0.717, 1.165) is 16.1 Å². The summed E-state index contributed by atoms with van der Waals surface area (Å²) in [4.78, 5) is 0. The monoisotopic (exact) mass is 231 g/mol. The van der Waals surface area contributed by atoms with Crippen LogP contribution in [0.5, 0.6) is 0 Å². The molecule has 0 heterocycles. The van der Waals surface area contributed by atoms with Crippen molar-refractivity contribution in [1.82, 2.24) is 0 Å². The lowest BCUT2D eigenvalue weighted by Gasteiger charge is -2.03. The van der Waals surface area contributed by atoms with Gasteiger partial charge in [-0.2, -0.15) is 0 Å². The number of benzene rings is 1. The van der Waals surface area contributed by atoms with E-state index in [1.807, 2.05) is 25.1 Å². The highest BCUT2D eigenvalue weighted by Crippen LogP contribution is 2.17. The third-order valence-corrected chi connectivity index (χ3v) is 3.67. The lowest BCUT2D eigenvalue weighted by Crippen LogP contribution is -2.11. The second-order valence-electron chi connectivity index (χ2n) is 3.16. The molecule has 1 unspecified atom stereocenters. The van der Waals surface area contributed by atoms with Gasteiger partial charge in [0.25, 0.3) is 0 Å². The topological polar surface area (TPSA) is 43.1 Å². The summed E-state index contributed by atoms with van der Waals surface area (Å²) in [5.74, 6) is 1.12. The molecule has 0 aliphatic rings. The summed E-state index contributed by atoms with van der Waals surface area (Å²) < 4.78 is 11.4. The lowest BCUT2D eigenvalue weighted by molar-refractivity contribution is 0.682. The lowest BCUT2D eigenvalue weighted by atomic mass is 10.2. The average molecular weight is 232 g/mol. The highest BCUT2D eigenvalue weighted by Gasteiger charge is 2.02. The molecule has 0 radical (unpaired) electrons. The molecule has 0 bridgehead atoms. The molecule has 2 nitrogen and oxygen atoms in total. The summed E-state index contributed by atoms with van der Waals surface area (Å²) in [6.07, 6.45) is 0. The summed E-state index contributed by atoms with van der Waals surface area (Å²) in [5.41, 5.74) is 7.40. The van der Waals surface area contributed by atoms with Crippen LogP contribution in [0.2, 0.25) is 5.02 Å². The van der Waals surface area contributed by atoms with Crippen LogP contribution in [0.1, 0.15) is 11.1 Å². The van der Waals surface area contributed by atoms with Crippen molar-refractivity contribution in [3.63, 3.8) is 0 Å². The van der Waals surface area contributed by atoms with Crippen LogP contribution in [0.15, 0.2) is 18.2 Å². The van der Waals surface area contributed by atoms with Gasteiger partial charge in [0, 0.05) is 33.9 Å². The van der Waals surface area contributed by atoms with E-state index in [1.165, 1.54) is 0 Å². The molecule has 1 rings (SSSR count). The maximum Gasteiger partial charge on any atom is 0.0486 e. The molecule has 0 amide bonds. The first-order valence-corrected chi connectivity index (χ1v) is 6.30. The fraction of sp³-hybridized carbons (Fsp3) is 0.400. The van der Waals surface area contributed by atoms with Crippen molar-refractivity contribution < 1.29 is 4.21 Å². The number of nitrogens with two attached hydrogens (primary N) is 1. The van der Waals surface area contributed by atoms with Crippen LogP contribution in [0.4, 0.5) is 0 Å².